The minimum absolute atomic E-state index is 1.35. The highest BCUT2D eigenvalue weighted by molar-refractivity contribution is 7.97. The highest BCUT2D eigenvalue weighted by atomic mass is 32.1. The summed E-state index contributed by atoms with van der Waals surface area (Å²) in [7, 11) is 0. The van der Waals surface area contributed by atoms with Gasteiger partial charge in [0.25, 0.3) is 0 Å². The van der Waals surface area contributed by atoms with Crippen LogP contribution in [0.4, 0.5) is 0 Å². The lowest BCUT2D eigenvalue weighted by atomic mass is 10.2. The van der Waals surface area contributed by atoms with E-state index in [0.29, 0.717) is 0 Å². The smallest absolute Gasteiger partial charge is 0.0148 e. The Morgan fingerprint density at radius 1 is 1.22 bits per heavy atom. The average molecular weight is 146 g/mol. The highest BCUT2D eigenvalue weighted by Crippen LogP contribution is 2.00. The van der Waals surface area contributed by atoms with Gasteiger partial charge in [0.05, 0.1) is 0 Å². The van der Waals surface area contributed by atoms with Crippen LogP contribution < -0.4 is 0 Å². The predicted molar refractivity (Wildman–Crippen MR) is 49.7 cm³/mol. The SMILES string of the molecule is CC=[SH]CCCCCC. The van der Waals surface area contributed by atoms with Crippen LogP contribution in [0, 0.1) is 0 Å². The Morgan fingerprint density at radius 2 is 2.00 bits per heavy atom. The van der Waals surface area contributed by atoms with Crippen LogP contribution in [0.1, 0.15) is 39.5 Å². The Balaban J connectivity index is 2.75. The van der Waals surface area contributed by atoms with Crippen LogP contribution in [0.25, 0.3) is 0 Å². The van der Waals surface area contributed by atoms with E-state index in [4.69, 9.17) is 0 Å². The molecule has 0 spiro atoms. The fourth-order valence-corrected chi connectivity index (χ4v) is 1.42. The van der Waals surface area contributed by atoms with E-state index in [9.17, 15) is 0 Å². The molecule has 0 nitrogen and oxygen atoms in total. The second-order valence-electron chi connectivity index (χ2n) is 2.23. The zero-order chi connectivity index (χ0) is 6.95. The predicted octanol–water partition coefficient (Wildman–Crippen LogP) is 2.85. The second-order valence-corrected chi connectivity index (χ2v) is 3.55. The van der Waals surface area contributed by atoms with E-state index in [-0.39, 0.29) is 0 Å². The molecule has 0 aromatic heterocycles. The van der Waals surface area contributed by atoms with Crippen molar-refractivity contribution in [3.63, 3.8) is 0 Å². The maximum Gasteiger partial charge on any atom is -0.0148 e. The first-order chi connectivity index (χ1) is 4.41. The zero-order valence-corrected chi connectivity index (χ0v) is 7.45. The topological polar surface area (TPSA) is 0 Å². The molecule has 0 aromatic carbocycles. The third-order valence-corrected chi connectivity index (χ3v) is 2.26. The van der Waals surface area contributed by atoms with Crippen molar-refractivity contribution in [3.8, 4) is 0 Å². The fourth-order valence-electron chi connectivity index (χ4n) is 0.759. The maximum atomic E-state index is 2.25. The molecule has 0 N–H and O–H groups in total. The van der Waals surface area contributed by atoms with Gasteiger partial charge in [0.15, 0.2) is 0 Å². The molecular formula is C8H18S. The van der Waals surface area contributed by atoms with Gasteiger partial charge in [-0.3, -0.25) is 0 Å². The third-order valence-electron chi connectivity index (χ3n) is 1.32. The van der Waals surface area contributed by atoms with Crippen LogP contribution in [0.2, 0.25) is 0 Å². The van der Waals surface area contributed by atoms with Crippen LogP contribution >= 0.6 is 11.4 Å². The van der Waals surface area contributed by atoms with Gasteiger partial charge in [-0.2, -0.15) is 0 Å². The molecule has 0 unspecified atom stereocenters. The van der Waals surface area contributed by atoms with Crippen LogP contribution in [-0.4, -0.2) is 11.1 Å². The Hall–Kier alpha value is 0.220. The second kappa shape index (κ2) is 8.22. The molecule has 0 rings (SSSR count). The van der Waals surface area contributed by atoms with E-state index < -0.39 is 0 Å². The molecule has 0 aliphatic heterocycles. The lowest BCUT2D eigenvalue weighted by Crippen LogP contribution is -1.76. The normalized spacial score (nSPS) is 11.8. The van der Waals surface area contributed by atoms with Crippen LogP contribution in [0.3, 0.4) is 0 Å². The van der Waals surface area contributed by atoms with Gasteiger partial charge in [-0.25, -0.2) is 11.4 Å². The summed E-state index contributed by atoms with van der Waals surface area (Å²) < 4.78 is 0. The summed E-state index contributed by atoms with van der Waals surface area (Å²) in [4.78, 5) is 0. The van der Waals surface area contributed by atoms with Crippen LogP contribution in [0.15, 0.2) is 0 Å². The van der Waals surface area contributed by atoms with Gasteiger partial charge in [0.1, 0.15) is 0 Å². The molecule has 1 heteroatoms. The Bertz CT molecular complexity index is 67.0. The summed E-state index contributed by atoms with van der Waals surface area (Å²) in [5, 5.41) is 2.23. The van der Waals surface area contributed by atoms with Crippen molar-refractivity contribution in [1.29, 1.82) is 0 Å². The molecule has 0 amide bonds. The highest BCUT2D eigenvalue weighted by Gasteiger charge is 1.82. The van der Waals surface area contributed by atoms with Crippen LogP contribution in [-0.2, 0) is 0 Å². The number of hydrogen-bond acceptors (Lipinski definition) is 0. The molecule has 56 valence electrons. The largest absolute Gasteiger partial charge is 0.205 e. The summed E-state index contributed by atoms with van der Waals surface area (Å²) in [6.07, 6.45) is 5.61. The quantitative estimate of drug-likeness (QED) is 0.344. The number of rotatable bonds is 5. The molecule has 0 fully saturated rings. The van der Waals surface area contributed by atoms with Gasteiger partial charge in [-0.1, -0.05) is 31.6 Å². The van der Waals surface area contributed by atoms with E-state index in [1.165, 1.54) is 42.8 Å². The van der Waals surface area contributed by atoms with Crippen molar-refractivity contribution < 1.29 is 0 Å². The monoisotopic (exact) mass is 146 g/mol. The summed E-state index contributed by atoms with van der Waals surface area (Å²) in [5.74, 6) is 1.37. The van der Waals surface area contributed by atoms with E-state index >= 15 is 0 Å². The first-order valence-corrected chi connectivity index (χ1v) is 5.01. The first-order valence-electron chi connectivity index (χ1n) is 3.86. The standard InChI is InChI=1S/C8H18S/c1-3-5-6-7-8-9-4-2/h4,9H,3,5-8H2,1-2H3. The molecule has 0 aromatic rings. The summed E-state index contributed by atoms with van der Waals surface area (Å²) in [6, 6.07) is 0. The molecule has 0 saturated heterocycles. The Morgan fingerprint density at radius 3 is 2.56 bits per heavy atom. The molecule has 9 heavy (non-hydrogen) atoms. The van der Waals surface area contributed by atoms with Crippen molar-refractivity contribution in [2.75, 3.05) is 5.75 Å². The van der Waals surface area contributed by atoms with E-state index in [1.807, 2.05) is 0 Å². The summed E-state index contributed by atoms with van der Waals surface area (Å²) in [6.45, 7) is 4.38. The fraction of sp³-hybridized carbons (Fsp3) is 0.875. The molecule has 0 radical (unpaired) electrons. The van der Waals surface area contributed by atoms with Gasteiger partial charge in [0.2, 0.25) is 0 Å². The number of hydrogen-bond donors (Lipinski definition) is 1. The van der Waals surface area contributed by atoms with Gasteiger partial charge >= 0.3 is 0 Å². The number of thiol groups is 1. The molecule has 0 atom stereocenters. The van der Waals surface area contributed by atoms with Gasteiger partial charge in [0, 0.05) is 0 Å². The zero-order valence-electron chi connectivity index (χ0n) is 6.56. The van der Waals surface area contributed by atoms with Crippen molar-refractivity contribution >= 4 is 16.7 Å². The molecular weight excluding hydrogens is 128 g/mol. The van der Waals surface area contributed by atoms with E-state index in [0.717, 1.165) is 0 Å². The Labute approximate surface area is 62.6 Å². The van der Waals surface area contributed by atoms with E-state index in [1.54, 1.807) is 0 Å². The average Bonchev–Trinajstić information content (AvgIpc) is 1.89. The first kappa shape index (κ1) is 9.22. The van der Waals surface area contributed by atoms with Crippen molar-refractivity contribution in [1.82, 2.24) is 0 Å². The lowest BCUT2D eigenvalue weighted by Gasteiger charge is -1.92. The van der Waals surface area contributed by atoms with Gasteiger partial charge in [-0.05, 0) is 19.1 Å². The molecule has 0 bridgehead atoms. The number of unbranched alkanes of at least 4 members (excludes halogenated alkanes) is 3. The van der Waals surface area contributed by atoms with Crippen molar-refractivity contribution in [2.24, 2.45) is 0 Å². The van der Waals surface area contributed by atoms with Crippen molar-refractivity contribution in [2.45, 2.75) is 39.5 Å². The van der Waals surface area contributed by atoms with Crippen LogP contribution in [0.5, 0.6) is 0 Å². The van der Waals surface area contributed by atoms with Crippen molar-refractivity contribution in [3.05, 3.63) is 0 Å². The van der Waals surface area contributed by atoms with E-state index in [2.05, 4.69) is 19.2 Å². The molecule has 0 heterocycles. The minimum Gasteiger partial charge on any atom is -0.205 e. The van der Waals surface area contributed by atoms with Gasteiger partial charge in [-0.15, -0.1) is 0 Å². The maximum absolute atomic E-state index is 2.25. The summed E-state index contributed by atoms with van der Waals surface area (Å²) in [5.41, 5.74) is 0. The molecule has 0 saturated carbocycles. The lowest BCUT2D eigenvalue weighted by molar-refractivity contribution is 0.707. The minimum atomic E-state index is 1.35. The third kappa shape index (κ3) is 8.22. The molecule has 0 aliphatic rings. The Kier molecular flexibility index (Phi) is 8.42. The molecule has 0 aliphatic carbocycles. The van der Waals surface area contributed by atoms with Gasteiger partial charge < -0.3 is 0 Å². The summed E-state index contributed by atoms with van der Waals surface area (Å²) >= 11 is 1.52.